The molecular weight excluding hydrogens is 236 g/mol. The minimum Gasteiger partial charge on any atom is -0.496 e. The Kier molecular flexibility index (Phi) is 4.17. The Morgan fingerprint density at radius 1 is 1.44 bits per heavy atom. The van der Waals surface area contributed by atoms with Gasteiger partial charge in [0.25, 0.3) is 0 Å². The number of hydrogen-bond acceptors (Lipinski definition) is 2. The van der Waals surface area contributed by atoms with E-state index in [-0.39, 0.29) is 11.7 Å². The van der Waals surface area contributed by atoms with Crippen molar-refractivity contribution in [2.45, 2.75) is 26.1 Å². The monoisotopic (exact) mass is 255 g/mol. The molecule has 0 amide bonds. The van der Waals surface area contributed by atoms with Gasteiger partial charge in [-0.1, -0.05) is 13.0 Å². The fraction of sp³-hybridized carbons (Fsp3) is 0.571. The maximum absolute atomic E-state index is 13.8. The molecule has 0 aliphatic carbocycles. The third-order valence-corrected chi connectivity index (χ3v) is 3.56. The predicted molar refractivity (Wildman–Crippen MR) is 66.9 cm³/mol. The molecule has 0 N–H and O–H groups in total. The summed E-state index contributed by atoms with van der Waals surface area (Å²) in [5, 5.41) is 0. The van der Waals surface area contributed by atoms with Gasteiger partial charge in [-0.05, 0) is 18.6 Å². The van der Waals surface area contributed by atoms with Gasteiger partial charge < -0.3 is 4.74 Å². The number of ether oxygens (including phenoxy) is 1. The molecule has 2 rings (SSSR count). The molecule has 1 aromatic rings. The molecule has 2 unspecified atom stereocenters. The molecule has 1 fully saturated rings. The number of likely N-dealkylation sites (tertiary alicyclic amines) is 1. The van der Waals surface area contributed by atoms with Crippen molar-refractivity contribution in [1.82, 2.24) is 4.90 Å². The molecule has 2 atom stereocenters. The summed E-state index contributed by atoms with van der Waals surface area (Å²) in [6.07, 6.45) is -0.207. The number of piperidine rings is 1. The lowest BCUT2D eigenvalue weighted by Gasteiger charge is -2.33. The maximum Gasteiger partial charge on any atom is 0.131 e. The van der Waals surface area contributed by atoms with Gasteiger partial charge in [0.2, 0.25) is 0 Å². The van der Waals surface area contributed by atoms with Gasteiger partial charge in [0, 0.05) is 31.1 Å². The van der Waals surface area contributed by atoms with Crippen molar-refractivity contribution in [2.24, 2.45) is 5.92 Å². The molecule has 2 nitrogen and oxygen atoms in total. The van der Waals surface area contributed by atoms with Crippen LogP contribution >= 0.6 is 0 Å². The van der Waals surface area contributed by atoms with Crippen LogP contribution < -0.4 is 4.74 Å². The summed E-state index contributed by atoms with van der Waals surface area (Å²) >= 11 is 0. The average Bonchev–Trinajstić information content (AvgIpc) is 2.36. The van der Waals surface area contributed by atoms with Crippen LogP contribution in [0.4, 0.5) is 8.78 Å². The Hall–Kier alpha value is -1.16. The Morgan fingerprint density at radius 2 is 2.22 bits per heavy atom. The molecule has 0 spiro atoms. The van der Waals surface area contributed by atoms with Crippen LogP contribution in [0.15, 0.2) is 18.2 Å². The highest BCUT2D eigenvalue weighted by Crippen LogP contribution is 2.26. The van der Waals surface area contributed by atoms with E-state index in [4.69, 9.17) is 4.74 Å². The van der Waals surface area contributed by atoms with Crippen molar-refractivity contribution in [3.63, 3.8) is 0 Å². The summed E-state index contributed by atoms with van der Waals surface area (Å²) in [4.78, 5) is 2.08. The lowest BCUT2D eigenvalue weighted by atomic mass is 9.97. The smallest absolute Gasteiger partial charge is 0.131 e. The van der Waals surface area contributed by atoms with E-state index >= 15 is 0 Å². The van der Waals surface area contributed by atoms with E-state index in [2.05, 4.69) is 4.90 Å². The first-order valence-electron chi connectivity index (χ1n) is 6.29. The van der Waals surface area contributed by atoms with Gasteiger partial charge in [0.15, 0.2) is 0 Å². The molecule has 1 aromatic carbocycles. The normalized spacial score (nSPS) is 25.1. The molecule has 0 radical (unpaired) electrons. The molecule has 18 heavy (non-hydrogen) atoms. The lowest BCUT2D eigenvalue weighted by Crippen LogP contribution is -2.39. The fourth-order valence-corrected chi connectivity index (χ4v) is 2.45. The molecule has 0 bridgehead atoms. The molecule has 100 valence electrons. The first kappa shape index (κ1) is 13.3. The molecule has 1 saturated heterocycles. The summed E-state index contributed by atoms with van der Waals surface area (Å²) < 4.78 is 32.3. The van der Waals surface area contributed by atoms with E-state index in [1.54, 1.807) is 12.1 Å². The average molecular weight is 255 g/mol. The molecule has 0 saturated carbocycles. The van der Waals surface area contributed by atoms with Crippen molar-refractivity contribution in [3.8, 4) is 5.75 Å². The van der Waals surface area contributed by atoms with E-state index in [1.807, 2.05) is 6.92 Å². The van der Waals surface area contributed by atoms with E-state index in [0.29, 0.717) is 37.4 Å². The number of methoxy groups -OCH3 is 1. The highest BCUT2D eigenvalue weighted by molar-refractivity contribution is 5.34. The standard InChI is InChI=1S/C14H19F2NO/c1-10-8-17(7-6-12(10)15)9-11-13(16)4-3-5-14(11)18-2/h3-5,10,12H,6-9H2,1-2H3. The predicted octanol–water partition coefficient (Wildman–Crippen LogP) is 3.01. The second-order valence-corrected chi connectivity index (χ2v) is 4.94. The van der Waals surface area contributed by atoms with Crippen molar-refractivity contribution in [1.29, 1.82) is 0 Å². The molecule has 0 aromatic heterocycles. The van der Waals surface area contributed by atoms with Crippen LogP contribution in [0.3, 0.4) is 0 Å². The molecule has 1 aliphatic rings. The summed E-state index contributed by atoms with van der Waals surface area (Å²) in [6.45, 7) is 3.71. The Balaban J connectivity index is 2.10. The van der Waals surface area contributed by atoms with Crippen LogP contribution in [-0.2, 0) is 6.54 Å². The van der Waals surface area contributed by atoms with Crippen molar-refractivity contribution < 1.29 is 13.5 Å². The molecule has 1 aliphatic heterocycles. The van der Waals surface area contributed by atoms with Crippen LogP contribution in [-0.4, -0.2) is 31.3 Å². The Bertz CT molecular complexity index is 411. The summed E-state index contributed by atoms with van der Waals surface area (Å²) in [7, 11) is 1.54. The van der Waals surface area contributed by atoms with Crippen molar-refractivity contribution in [3.05, 3.63) is 29.6 Å². The van der Waals surface area contributed by atoms with Crippen LogP contribution in [0, 0.1) is 11.7 Å². The number of rotatable bonds is 3. The van der Waals surface area contributed by atoms with Gasteiger partial charge >= 0.3 is 0 Å². The fourth-order valence-electron chi connectivity index (χ4n) is 2.45. The van der Waals surface area contributed by atoms with Gasteiger partial charge in [-0.3, -0.25) is 4.90 Å². The van der Waals surface area contributed by atoms with E-state index in [0.717, 1.165) is 0 Å². The third-order valence-electron chi connectivity index (χ3n) is 3.56. The van der Waals surface area contributed by atoms with Crippen LogP contribution in [0.25, 0.3) is 0 Å². The van der Waals surface area contributed by atoms with Gasteiger partial charge in [-0.2, -0.15) is 0 Å². The SMILES string of the molecule is COc1cccc(F)c1CN1CCC(F)C(C)C1. The first-order valence-corrected chi connectivity index (χ1v) is 6.29. The zero-order valence-corrected chi connectivity index (χ0v) is 10.8. The van der Waals surface area contributed by atoms with E-state index < -0.39 is 6.17 Å². The third kappa shape index (κ3) is 2.80. The number of hydrogen-bond donors (Lipinski definition) is 0. The van der Waals surface area contributed by atoms with Crippen LogP contribution in [0.2, 0.25) is 0 Å². The van der Waals surface area contributed by atoms with Crippen molar-refractivity contribution in [2.75, 3.05) is 20.2 Å². The Labute approximate surface area is 107 Å². The van der Waals surface area contributed by atoms with Crippen molar-refractivity contribution >= 4 is 0 Å². The second-order valence-electron chi connectivity index (χ2n) is 4.94. The summed E-state index contributed by atoms with van der Waals surface area (Å²) in [6, 6.07) is 4.82. The van der Waals surface area contributed by atoms with Gasteiger partial charge in [-0.15, -0.1) is 0 Å². The molecular formula is C14H19F2NO. The number of nitrogens with zero attached hydrogens (tertiary/aromatic N) is 1. The van der Waals surface area contributed by atoms with Gasteiger partial charge in [-0.25, -0.2) is 8.78 Å². The lowest BCUT2D eigenvalue weighted by molar-refractivity contribution is 0.0913. The highest BCUT2D eigenvalue weighted by Gasteiger charge is 2.26. The largest absolute Gasteiger partial charge is 0.496 e. The summed E-state index contributed by atoms with van der Waals surface area (Å²) in [5.41, 5.74) is 0.560. The number of benzene rings is 1. The topological polar surface area (TPSA) is 12.5 Å². The zero-order chi connectivity index (χ0) is 13.1. The van der Waals surface area contributed by atoms with Crippen LogP contribution in [0.5, 0.6) is 5.75 Å². The molecule has 4 heteroatoms. The number of alkyl halides is 1. The number of halogens is 2. The minimum absolute atomic E-state index is 0.0107. The Morgan fingerprint density at radius 3 is 2.89 bits per heavy atom. The highest BCUT2D eigenvalue weighted by atomic mass is 19.1. The second kappa shape index (κ2) is 5.65. The molecule has 1 heterocycles. The zero-order valence-electron chi connectivity index (χ0n) is 10.8. The van der Waals surface area contributed by atoms with E-state index in [9.17, 15) is 8.78 Å². The van der Waals surface area contributed by atoms with Gasteiger partial charge in [0.05, 0.1) is 7.11 Å². The maximum atomic E-state index is 13.8. The van der Waals surface area contributed by atoms with E-state index in [1.165, 1.54) is 13.2 Å². The van der Waals surface area contributed by atoms with Crippen LogP contribution in [0.1, 0.15) is 18.9 Å². The quantitative estimate of drug-likeness (QED) is 0.823. The minimum atomic E-state index is -0.733. The first-order chi connectivity index (χ1) is 8.61. The van der Waals surface area contributed by atoms with Gasteiger partial charge in [0.1, 0.15) is 17.7 Å². The summed E-state index contributed by atoms with van der Waals surface area (Å²) in [5.74, 6) is 0.311.